The number of furan rings is 1. The molecule has 0 bridgehead atoms. The Bertz CT molecular complexity index is 1400. The number of nitrogens with one attached hydrogen (secondary N) is 1. The Morgan fingerprint density at radius 3 is 2.71 bits per heavy atom. The Labute approximate surface area is 219 Å². The highest BCUT2D eigenvalue weighted by molar-refractivity contribution is 9.11. The molecule has 4 rings (SSSR count). The van der Waals surface area contributed by atoms with Gasteiger partial charge in [0, 0.05) is 9.86 Å². The van der Waals surface area contributed by atoms with Gasteiger partial charge >= 0.3 is 5.91 Å². The average Bonchev–Trinajstić information content (AvgIpc) is 3.22. The van der Waals surface area contributed by atoms with Gasteiger partial charge in [-0.15, -0.1) is 0 Å². The lowest BCUT2D eigenvalue weighted by Crippen LogP contribution is -2.16. The quantitative estimate of drug-likeness (QED) is 0.169. The standard InChI is InChI=1S/C24H16Br3FN2O4/c1-32-20-7-14(6-18(26)23(20)33-12-13-3-2-4-17(28)5-13)11-29-30-24(31)21-9-15-8-16(25)10-19(27)22(15)34-21/h2-11H,12H2,1H3,(H,30,31)/b29-11-. The molecule has 174 valence electrons. The zero-order chi connectivity index (χ0) is 24.2. The van der Waals surface area contributed by atoms with Crippen LogP contribution in [-0.2, 0) is 6.61 Å². The van der Waals surface area contributed by atoms with E-state index in [0.29, 0.717) is 32.7 Å². The minimum absolute atomic E-state index is 0.130. The Morgan fingerprint density at radius 2 is 1.94 bits per heavy atom. The Kier molecular flexibility index (Phi) is 7.70. The Balaban J connectivity index is 1.46. The molecule has 4 aromatic rings. The van der Waals surface area contributed by atoms with Gasteiger partial charge in [-0.3, -0.25) is 4.79 Å². The summed E-state index contributed by atoms with van der Waals surface area (Å²) in [4.78, 5) is 12.5. The maximum atomic E-state index is 13.4. The Morgan fingerprint density at radius 1 is 1.12 bits per heavy atom. The van der Waals surface area contributed by atoms with Gasteiger partial charge in [0.25, 0.3) is 0 Å². The predicted octanol–water partition coefficient (Wildman–Crippen LogP) is 7.21. The molecule has 0 aliphatic rings. The molecule has 1 heterocycles. The van der Waals surface area contributed by atoms with Crippen molar-refractivity contribution < 1.29 is 23.1 Å². The number of nitrogens with zero attached hydrogens (tertiary/aromatic N) is 1. The number of hydrogen-bond donors (Lipinski definition) is 1. The summed E-state index contributed by atoms with van der Waals surface area (Å²) in [7, 11) is 1.51. The predicted molar refractivity (Wildman–Crippen MR) is 138 cm³/mol. The molecule has 10 heteroatoms. The third-order valence-corrected chi connectivity index (χ3v) is 6.30. The smallest absolute Gasteiger partial charge is 0.307 e. The van der Waals surface area contributed by atoms with E-state index in [1.54, 1.807) is 30.3 Å². The second kappa shape index (κ2) is 10.7. The number of rotatable bonds is 7. The van der Waals surface area contributed by atoms with Crippen molar-refractivity contribution in [3.63, 3.8) is 0 Å². The summed E-state index contributed by atoms with van der Waals surface area (Å²) in [6.45, 7) is 0.167. The molecule has 0 radical (unpaired) electrons. The van der Waals surface area contributed by atoms with Gasteiger partial charge in [0.15, 0.2) is 17.3 Å². The van der Waals surface area contributed by atoms with Gasteiger partial charge in [0.2, 0.25) is 0 Å². The van der Waals surface area contributed by atoms with Crippen molar-refractivity contribution in [1.82, 2.24) is 5.43 Å². The van der Waals surface area contributed by atoms with Crippen LogP contribution in [0.3, 0.4) is 0 Å². The molecule has 1 N–H and O–H groups in total. The highest BCUT2D eigenvalue weighted by Gasteiger charge is 2.15. The van der Waals surface area contributed by atoms with Gasteiger partial charge in [0.05, 0.1) is 22.3 Å². The minimum atomic E-state index is -0.489. The number of hydrazone groups is 1. The first kappa shape index (κ1) is 24.4. The molecule has 0 aliphatic heterocycles. The number of carbonyl (C=O) groups is 1. The van der Waals surface area contributed by atoms with E-state index in [2.05, 4.69) is 58.3 Å². The molecule has 34 heavy (non-hydrogen) atoms. The summed E-state index contributed by atoms with van der Waals surface area (Å²) < 4.78 is 32.5. The fourth-order valence-electron chi connectivity index (χ4n) is 3.14. The zero-order valence-corrected chi connectivity index (χ0v) is 22.3. The molecule has 1 aromatic heterocycles. The number of halogens is 4. The van der Waals surface area contributed by atoms with Crippen LogP contribution < -0.4 is 14.9 Å². The monoisotopic (exact) mass is 652 g/mol. The van der Waals surface area contributed by atoms with Crippen LogP contribution in [0, 0.1) is 5.82 Å². The number of amides is 1. The number of ether oxygens (including phenoxy) is 2. The number of benzene rings is 3. The van der Waals surface area contributed by atoms with Gasteiger partial charge in [-0.2, -0.15) is 5.10 Å². The average molecular weight is 655 g/mol. The van der Waals surface area contributed by atoms with E-state index in [4.69, 9.17) is 13.9 Å². The van der Waals surface area contributed by atoms with Crippen LogP contribution in [0.2, 0.25) is 0 Å². The van der Waals surface area contributed by atoms with Gasteiger partial charge in [-0.05, 0) is 85.5 Å². The van der Waals surface area contributed by atoms with Crippen molar-refractivity contribution in [3.8, 4) is 11.5 Å². The second-order valence-corrected chi connectivity index (χ2v) is 9.69. The molecule has 0 aliphatic carbocycles. The molecule has 0 atom stereocenters. The first-order chi connectivity index (χ1) is 16.3. The Hall–Kier alpha value is -2.69. The molecule has 0 fully saturated rings. The van der Waals surface area contributed by atoms with Gasteiger partial charge < -0.3 is 13.9 Å². The van der Waals surface area contributed by atoms with Gasteiger partial charge in [-0.1, -0.05) is 28.1 Å². The number of hydrogen-bond acceptors (Lipinski definition) is 5. The van der Waals surface area contributed by atoms with E-state index in [0.717, 1.165) is 14.3 Å². The summed E-state index contributed by atoms with van der Waals surface area (Å²) in [5, 5.41) is 4.79. The lowest BCUT2D eigenvalue weighted by molar-refractivity contribution is 0.0929. The van der Waals surface area contributed by atoms with Gasteiger partial charge in [0.1, 0.15) is 18.0 Å². The van der Waals surface area contributed by atoms with Crippen molar-refractivity contribution in [3.05, 3.63) is 90.7 Å². The lowest BCUT2D eigenvalue weighted by Gasteiger charge is -2.13. The van der Waals surface area contributed by atoms with Crippen molar-refractivity contribution in [1.29, 1.82) is 0 Å². The summed E-state index contributed by atoms with van der Waals surface area (Å²) in [6.07, 6.45) is 1.47. The molecule has 6 nitrogen and oxygen atoms in total. The number of carbonyl (C=O) groups excluding carboxylic acids is 1. The van der Waals surface area contributed by atoms with Crippen molar-refractivity contribution in [2.75, 3.05) is 7.11 Å². The van der Waals surface area contributed by atoms with Crippen LogP contribution >= 0.6 is 47.8 Å². The zero-order valence-electron chi connectivity index (χ0n) is 17.6. The summed E-state index contributed by atoms with van der Waals surface area (Å²) in [6, 6.07) is 15.0. The van der Waals surface area contributed by atoms with Crippen LogP contribution in [0.25, 0.3) is 11.0 Å². The third-order valence-electron chi connectivity index (χ3n) is 4.66. The van der Waals surface area contributed by atoms with Crippen LogP contribution in [0.5, 0.6) is 11.5 Å². The molecule has 3 aromatic carbocycles. The van der Waals surface area contributed by atoms with E-state index >= 15 is 0 Å². The first-order valence-electron chi connectivity index (χ1n) is 9.81. The normalized spacial score (nSPS) is 11.2. The van der Waals surface area contributed by atoms with Crippen molar-refractivity contribution in [2.45, 2.75) is 6.61 Å². The molecule has 0 saturated heterocycles. The minimum Gasteiger partial charge on any atom is -0.493 e. The van der Waals surface area contributed by atoms with E-state index in [1.807, 2.05) is 12.1 Å². The van der Waals surface area contributed by atoms with Crippen LogP contribution in [0.1, 0.15) is 21.7 Å². The fraction of sp³-hybridized carbons (Fsp3) is 0.0833. The SMILES string of the molecule is COc1cc(/C=N\NC(=O)c2cc3cc(Br)cc(Br)c3o2)cc(Br)c1OCc1cccc(F)c1. The van der Waals surface area contributed by atoms with Crippen molar-refractivity contribution >= 4 is 70.9 Å². The van der Waals surface area contributed by atoms with Gasteiger partial charge in [-0.25, -0.2) is 9.82 Å². The summed E-state index contributed by atoms with van der Waals surface area (Å²) in [5.74, 6) is 0.226. The summed E-state index contributed by atoms with van der Waals surface area (Å²) >= 11 is 10.3. The van der Waals surface area contributed by atoms with E-state index < -0.39 is 5.91 Å². The fourth-order valence-corrected chi connectivity index (χ4v) is 5.06. The number of fused-ring (bicyclic) bond motifs is 1. The molecule has 0 spiro atoms. The number of methoxy groups -OCH3 is 1. The molecule has 1 amide bonds. The summed E-state index contributed by atoms with van der Waals surface area (Å²) in [5.41, 5.74) is 4.36. The molecule has 0 unspecified atom stereocenters. The van der Waals surface area contributed by atoms with Crippen LogP contribution in [-0.4, -0.2) is 19.2 Å². The molecule has 0 saturated carbocycles. The topological polar surface area (TPSA) is 73.1 Å². The lowest BCUT2D eigenvalue weighted by atomic mass is 10.2. The maximum Gasteiger partial charge on any atom is 0.307 e. The first-order valence-corrected chi connectivity index (χ1v) is 12.2. The van der Waals surface area contributed by atoms with E-state index in [1.165, 1.54) is 25.5 Å². The van der Waals surface area contributed by atoms with E-state index in [-0.39, 0.29) is 18.2 Å². The maximum absolute atomic E-state index is 13.4. The van der Waals surface area contributed by atoms with E-state index in [9.17, 15) is 9.18 Å². The molecular formula is C24H16Br3FN2O4. The largest absolute Gasteiger partial charge is 0.493 e. The molecular weight excluding hydrogens is 639 g/mol. The van der Waals surface area contributed by atoms with Crippen LogP contribution in [0.4, 0.5) is 4.39 Å². The highest BCUT2D eigenvalue weighted by atomic mass is 79.9. The second-order valence-electron chi connectivity index (χ2n) is 7.07. The highest BCUT2D eigenvalue weighted by Crippen LogP contribution is 2.37. The van der Waals surface area contributed by atoms with Crippen LogP contribution in [0.15, 0.2) is 77.5 Å². The third kappa shape index (κ3) is 5.68. The van der Waals surface area contributed by atoms with Crippen molar-refractivity contribution in [2.24, 2.45) is 5.10 Å².